The summed E-state index contributed by atoms with van der Waals surface area (Å²) in [6.07, 6.45) is 8.62. The second kappa shape index (κ2) is 8.53. The summed E-state index contributed by atoms with van der Waals surface area (Å²) in [5.41, 5.74) is 2.42. The van der Waals surface area contributed by atoms with Gasteiger partial charge in [-0.3, -0.25) is 14.7 Å². The largest absolute Gasteiger partial charge is 0.350 e. The molecule has 2 aromatic rings. The average Bonchev–Trinajstić information content (AvgIpc) is 3.09. The van der Waals surface area contributed by atoms with Gasteiger partial charge in [0.05, 0.1) is 11.9 Å². The Hall–Kier alpha value is -2.53. The Balaban J connectivity index is 1.40. The summed E-state index contributed by atoms with van der Waals surface area (Å²) in [6.45, 7) is 5.58. The first-order valence-electron chi connectivity index (χ1n) is 8.71. The molecule has 1 aliphatic heterocycles. The van der Waals surface area contributed by atoms with Crippen molar-refractivity contribution in [3.05, 3.63) is 65.8 Å². The van der Waals surface area contributed by atoms with E-state index in [9.17, 15) is 4.79 Å². The predicted molar refractivity (Wildman–Crippen MR) is 99.1 cm³/mol. The topological polar surface area (TPSA) is 58.1 Å². The number of rotatable bonds is 6. The number of nitrogens with zero attached hydrogens (tertiary/aromatic N) is 3. The van der Waals surface area contributed by atoms with Crippen molar-refractivity contribution in [3.63, 3.8) is 0 Å². The molecule has 0 bridgehead atoms. The summed E-state index contributed by atoms with van der Waals surface area (Å²) in [5, 5.41) is 2.98. The smallest absolute Gasteiger partial charge is 0.271 e. The highest BCUT2D eigenvalue weighted by molar-refractivity contribution is 5.91. The Morgan fingerprint density at radius 1 is 1.28 bits per heavy atom. The van der Waals surface area contributed by atoms with E-state index in [0.29, 0.717) is 18.2 Å². The minimum absolute atomic E-state index is 0.144. The van der Waals surface area contributed by atoms with Crippen LogP contribution in [0.3, 0.4) is 0 Å². The molecule has 1 atom stereocenters. The molecule has 3 rings (SSSR count). The van der Waals surface area contributed by atoms with E-state index in [2.05, 4.69) is 44.5 Å². The zero-order chi connectivity index (χ0) is 17.5. The van der Waals surface area contributed by atoms with E-state index in [-0.39, 0.29) is 5.91 Å². The van der Waals surface area contributed by atoms with Crippen molar-refractivity contribution >= 4 is 12.0 Å². The number of likely N-dealkylation sites (tertiary alicyclic amines) is 1. The number of hydrogen-bond donors (Lipinski definition) is 1. The Morgan fingerprint density at radius 2 is 2.12 bits per heavy atom. The summed E-state index contributed by atoms with van der Waals surface area (Å²) in [6, 6.07) is 10.3. The maximum absolute atomic E-state index is 12.1. The molecule has 1 N–H and O–H groups in total. The van der Waals surface area contributed by atoms with E-state index in [1.807, 2.05) is 25.1 Å². The van der Waals surface area contributed by atoms with Crippen molar-refractivity contribution in [1.29, 1.82) is 0 Å². The standard InChI is InChI=1S/C20H24N4O/c1-16-12-22-19(14-21-16)20(25)23-13-18-9-11-24(15-18)10-5-8-17-6-3-2-4-7-17/h2-8,12,14,18H,9-11,13,15H2,1H3,(H,23,25)/b8-5+. The average molecular weight is 336 g/mol. The molecule has 1 aromatic carbocycles. The Labute approximate surface area is 148 Å². The minimum Gasteiger partial charge on any atom is -0.350 e. The van der Waals surface area contributed by atoms with Gasteiger partial charge in [0.25, 0.3) is 5.91 Å². The van der Waals surface area contributed by atoms with Crippen LogP contribution < -0.4 is 5.32 Å². The number of hydrogen-bond acceptors (Lipinski definition) is 4. The Kier molecular flexibility index (Phi) is 5.90. The molecule has 1 fully saturated rings. The molecular formula is C20H24N4O. The molecule has 0 aliphatic carbocycles. The van der Waals surface area contributed by atoms with E-state index in [4.69, 9.17) is 0 Å². The maximum atomic E-state index is 12.1. The van der Waals surface area contributed by atoms with Crippen molar-refractivity contribution in [2.24, 2.45) is 5.92 Å². The number of aromatic nitrogens is 2. The van der Waals surface area contributed by atoms with E-state index < -0.39 is 0 Å². The number of benzene rings is 1. The van der Waals surface area contributed by atoms with Gasteiger partial charge < -0.3 is 5.32 Å². The van der Waals surface area contributed by atoms with Crippen LogP contribution in [0.5, 0.6) is 0 Å². The second-order valence-electron chi connectivity index (χ2n) is 6.48. The van der Waals surface area contributed by atoms with E-state index >= 15 is 0 Å². The van der Waals surface area contributed by atoms with Crippen LogP contribution in [0.2, 0.25) is 0 Å². The van der Waals surface area contributed by atoms with Gasteiger partial charge in [0, 0.05) is 25.8 Å². The van der Waals surface area contributed by atoms with Gasteiger partial charge in [0.2, 0.25) is 0 Å². The fourth-order valence-electron chi connectivity index (χ4n) is 2.98. The van der Waals surface area contributed by atoms with Gasteiger partial charge in [-0.25, -0.2) is 4.98 Å². The first kappa shape index (κ1) is 17.3. The normalized spacial score (nSPS) is 17.9. The predicted octanol–water partition coefficient (Wildman–Crippen LogP) is 2.55. The Morgan fingerprint density at radius 3 is 2.88 bits per heavy atom. The van der Waals surface area contributed by atoms with Gasteiger partial charge in [-0.15, -0.1) is 0 Å². The molecule has 1 unspecified atom stereocenters. The minimum atomic E-state index is -0.144. The molecule has 5 nitrogen and oxygen atoms in total. The third kappa shape index (κ3) is 5.22. The Bertz CT molecular complexity index is 712. The number of carbonyl (C=O) groups is 1. The van der Waals surface area contributed by atoms with Gasteiger partial charge >= 0.3 is 0 Å². The van der Waals surface area contributed by atoms with Gasteiger partial charge in [-0.05, 0) is 31.4 Å². The lowest BCUT2D eigenvalue weighted by molar-refractivity contribution is 0.0942. The van der Waals surface area contributed by atoms with Crippen LogP contribution in [0, 0.1) is 12.8 Å². The second-order valence-corrected chi connectivity index (χ2v) is 6.48. The summed E-state index contributed by atoms with van der Waals surface area (Å²) in [4.78, 5) is 22.7. The molecule has 25 heavy (non-hydrogen) atoms. The maximum Gasteiger partial charge on any atom is 0.271 e. The van der Waals surface area contributed by atoms with Crippen LogP contribution in [0.15, 0.2) is 48.8 Å². The molecule has 2 heterocycles. The van der Waals surface area contributed by atoms with Crippen LogP contribution >= 0.6 is 0 Å². The molecule has 1 amide bonds. The molecule has 1 saturated heterocycles. The fraction of sp³-hybridized carbons (Fsp3) is 0.350. The van der Waals surface area contributed by atoms with Crippen molar-refractivity contribution in [1.82, 2.24) is 20.2 Å². The molecule has 130 valence electrons. The van der Waals surface area contributed by atoms with Gasteiger partial charge in [0.1, 0.15) is 5.69 Å². The molecule has 5 heteroatoms. The number of amides is 1. The monoisotopic (exact) mass is 336 g/mol. The number of carbonyl (C=O) groups excluding carboxylic acids is 1. The molecule has 0 spiro atoms. The zero-order valence-electron chi connectivity index (χ0n) is 14.6. The van der Waals surface area contributed by atoms with Crippen molar-refractivity contribution < 1.29 is 4.79 Å². The lowest BCUT2D eigenvalue weighted by Crippen LogP contribution is -2.31. The van der Waals surface area contributed by atoms with Gasteiger partial charge in [-0.1, -0.05) is 42.5 Å². The van der Waals surface area contributed by atoms with Crippen LogP contribution in [0.1, 0.15) is 28.2 Å². The van der Waals surface area contributed by atoms with E-state index in [1.165, 1.54) is 11.8 Å². The molecule has 0 saturated carbocycles. The first-order chi connectivity index (χ1) is 12.2. The lowest BCUT2D eigenvalue weighted by atomic mass is 10.1. The summed E-state index contributed by atoms with van der Waals surface area (Å²) < 4.78 is 0. The summed E-state index contributed by atoms with van der Waals surface area (Å²) in [7, 11) is 0. The molecule has 0 radical (unpaired) electrons. The van der Waals surface area contributed by atoms with Crippen LogP contribution in [-0.2, 0) is 0 Å². The van der Waals surface area contributed by atoms with Crippen LogP contribution in [0.25, 0.3) is 6.08 Å². The zero-order valence-corrected chi connectivity index (χ0v) is 14.6. The van der Waals surface area contributed by atoms with Crippen molar-refractivity contribution in [3.8, 4) is 0 Å². The van der Waals surface area contributed by atoms with Crippen LogP contribution in [-0.4, -0.2) is 47.0 Å². The fourth-order valence-corrected chi connectivity index (χ4v) is 2.98. The van der Waals surface area contributed by atoms with Crippen molar-refractivity contribution in [2.75, 3.05) is 26.2 Å². The third-order valence-corrected chi connectivity index (χ3v) is 4.41. The summed E-state index contributed by atoms with van der Waals surface area (Å²) in [5.74, 6) is 0.349. The quantitative estimate of drug-likeness (QED) is 0.881. The van der Waals surface area contributed by atoms with Gasteiger partial charge in [-0.2, -0.15) is 0 Å². The first-order valence-corrected chi connectivity index (χ1v) is 8.71. The molecule has 1 aliphatic rings. The van der Waals surface area contributed by atoms with E-state index in [0.717, 1.165) is 31.7 Å². The SMILES string of the molecule is Cc1cnc(C(=O)NCC2CCN(C/C=C/c3ccccc3)C2)cn1. The highest BCUT2D eigenvalue weighted by Crippen LogP contribution is 2.15. The van der Waals surface area contributed by atoms with Gasteiger partial charge in [0.15, 0.2) is 0 Å². The number of nitrogens with one attached hydrogen (secondary N) is 1. The summed E-state index contributed by atoms with van der Waals surface area (Å²) >= 11 is 0. The van der Waals surface area contributed by atoms with Crippen LogP contribution in [0.4, 0.5) is 0 Å². The highest BCUT2D eigenvalue weighted by Gasteiger charge is 2.22. The number of aryl methyl sites for hydroxylation is 1. The molecule has 1 aromatic heterocycles. The highest BCUT2D eigenvalue weighted by atomic mass is 16.1. The van der Waals surface area contributed by atoms with E-state index in [1.54, 1.807) is 6.20 Å². The third-order valence-electron chi connectivity index (χ3n) is 4.41. The molecular weight excluding hydrogens is 312 g/mol. The lowest BCUT2D eigenvalue weighted by Gasteiger charge is -2.14. The van der Waals surface area contributed by atoms with Crippen molar-refractivity contribution in [2.45, 2.75) is 13.3 Å².